The van der Waals surface area contributed by atoms with E-state index in [4.69, 9.17) is 14.8 Å². The summed E-state index contributed by atoms with van der Waals surface area (Å²) in [7, 11) is 0. The summed E-state index contributed by atoms with van der Waals surface area (Å²) in [6, 6.07) is 35.2. The maximum atomic E-state index is 6.74. The molecule has 0 saturated carbocycles. The Kier molecular flexibility index (Phi) is 11.4. The van der Waals surface area contributed by atoms with E-state index >= 15 is 0 Å². The Balaban J connectivity index is 0.00000481. The quantitative estimate of drug-likeness (QED) is 0.0968. The molecule has 6 heteroatoms. The first-order valence-corrected chi connectivity index (χ1v) is 18.9. The summed E-state index contributed by atoms with van der Waals surface area (Å²) in [5.74, 6) is 2.17. The largest absolute Gasteiger partial charge is 2.00 e. The van der Waals surface area contributed by atoms with Crippen LogP contribution in [0.5, 0.6) is 11.5 Å². The van der Waals surface area contributed by atoms with Gasteiger partial charge in [0.15, 0.2) is 0 Å². The van der Waals surface area contributed by atoms with Gasteiger partial charge in [-0.15, -0.1) is 41.3 Å². The number of unbranched alkanes of at least 4 members (excludes halogenated alkanes) is 2. The van der Waals surface area contributed by atoms with Gasteiger partial charge in [-0.25, -0.2) is 4.98 Å². The molecule has 0 atom stereocenters. The van der Waals surface area contributed by atoms with E-state index in [1.54, 1.807) is 0 Å². The Morgan fingerprint density at radius 3 is 2.21 bits per heavy atom. The smallest absolute Gasteiger partial charge is 0.509 e. The predicted octanol–water partition coefficient (Wildman–Crippen LogP) is 12.3. The van der Waals surface area contributed by atoms with Gasteiger partial charge in [-0.1, -0.05) is 89.4 Å². The van der Waals surface area contributed by atoms with Crippen LogP contribution in [0.1, 0.15) is 93.9 Å². The van der Waals surface area contributed by atoms with Crippen LogP contribution in [0.2, 0.25) is 0 Å². The molecule has 0 saturated heterocycles. The molecule has 0 spiro atoms. The van der Waals surface area contributed by atoms with Crippen LogP contribution in [0.25, 0.3) is 44.4 Å². The van der Waals surface area contributed by atoms with E-state index in [-0.39, 0.29) is 25.8 Å². The van der Waals surface area contributed by atoms with Gasteiger partial charge in [-0.05, 0) is 103 Å². The van der Waals surface area contributed by atoms with E-state index in [0.29, 0.717) is 11.5 Å². The van der Waals surface area contributed by atoms with E-state index in [1.165, 1.54) is 33.5 Å². The molecule has 274 valence electrons. The predicted molar refractivity (Wildman–Crippen MR) is 215 cm³/mol. The van der Waals surface area contributed by atoms with Gasteiger partial charge in [0, 0.05) is 34.5 Å². The van der Waals surface area contributed by atoms with Gasteiger partial charge in [-0.3, -0.25) is 4.68 Å². The van der Waals surface area contributed by atoms with Crippen molar-refractivity contribution in [2.45, 2.75) is 99.3 Å². The van der Waals surface area contributed by atoms with Crippen molar-refractivity contribution in [2.24, 2.45) is 0 Å². The third-order valence-electron chi connectivity index (χ3n) is 10.2. The molecule has 0 aliphatic heterocycles. The monoisotopic (exact) mass is 792 g/mol. The van der Waals surface area contributed by atoms with Gasteiger partial charge in [0.25, 0.3) is 0 Å². The molecular formula is C47H50N4OPd. The fourth-order valence-corrected chi connectivity index (χ4v) is 7.42. The molecule has 0 aliphatic carbocycles. The summed E-state index contributed by atoms with van der Waals surface area (Å²) < 4.78 is 11.1. The summed E-state index contributed by atoms with van der Waals surface area (Å²) in [6.45, 7) is 17.7. The summed E-state index contributed by atoms with van der Waals surface area (Å²) in [5.41, 5.74) is 12.5. The Bertz CT molecular complexity index is 2370. The molecule has 7 rings (SSSR count). The maximum absolute atomic E-state index is 6.74. The maximum Gasteiger partial charge on any atom is 2.00 e. The number of benzene rings is 4. The summed E-state index contributed by atoms with van der Waals surface area (Å²) >= 11 is 0. The van der Waals surface area contributed by atoms with Crippen LogP contribution < -0.4 is 4.74 Å². The molecule has 3 heterocycles. The fourth-order valence-electron chi connectivity index (χ4n) is 7.42. The molecule has 0 unspecified atom stereocenters. The normalized spacial score (nSPS) is 11.7. The molecule has 0 bridgehead atoms. The molecule has 53 heavy (non-hydrogen) atoms. The molecule has 0 radical (unpaired) electrons. The van der Waals surface area contributed by atoms with Crippen LogP contribution in [0, 0.1) is 32.9 Å². The first-order valence-electron chi connectivity index (χ1n) is 18.9. The zero-order valence-electron chi connectivity index (χ0n) is 32.3. The van der Waals surface area contributed by atoms with Gasteiger partial charge >= 0.3 is 20.4 Å². The Morgan fingerprint density at radius 2 is 1.47 bits per heavy atom. The number of aromatic nitrogens is 4. The van der Waals surface area contributed by atoms with Crippen molar-refractivity contribution < 1.29 is 25.2 Å². The van der Waals surface area contributed by atoms with Crippen molar-refractivity contribution in [1.82, 2.24) is 19.3 Å². The number of para-hydroxylation sites is 1. The van der Waals surface area contributed by atoms with E-state index < -0.39 is 0 Å². The number of nitrogens with zero attached hydrogens (tertiary/aromatic N) is 4. The standard InChI is InChI=1S/C47H50N4O.Pd/c1-9-11-18-34-24-25-48-44(26-34)50-41-21-14-13-19-39(41)40-23-22-37(30-43(40)50)52-38-28-35(47(6,7)8)27-36(29-38)51-42(20-12-10-2)46(33(5)49-51)45-31(3)16-15-17-32(45)4;/h13-17,19,21-28H,9-12,18,20H2,1-8H3;/q-2;+2. The first-order chi connectivity index (χ1) is 25.1. The van der Waals surface area contributed by atoms with E-state index in [0.717, 1.165) is 83.1 Å². The van der Waals surface area contributed by atoms with Crippen LogP contribution in [0.15, 0.2) is 85.1 Å². The van der Waals surface area contributed by atoms with E-state index in [9.17, 15) is 0 Å². The molecule has 0 aliphatic rings. The van der Waals surface area contributed by atoms with Crippen molar-refractivity contribution in [3.63, 3.8) is 0 Å². The molecule has 7 aromatic rings. The van der Waals surface area contributed by atoms with Crippen molar-refractivity contribution >= 4 is 21.8 Å². The van der Waals surface area contributed by atoms with Gasteiger partial charge in [0.05, 0.1) is 5.69 Å². The van der Waals surface area contributed by atoms with Crippen LogP contribution in [0.3, 0.4) is 0 Å². The molecule has 0 amide bonds. The number of hydrogen-bond donors (Lipinski definition) is 0. The minimum atomic E-state index is -0.127. The van der Waals surface area contributed by atoms with Crippen LogP contribution >= 0.6 is 0 Å². The van der Waals surface area contributed by atoms with Crippen molar-refractivity contribution in [2.75, 3.05) is 0 Å². The second-order valence-electron chi connectivity index (χ2n) is 15.2. The van der Waals surface area contributed by atoms with Crippen molar-refractivity contribution in [3.8, 4) is 34.1 Å². The summed E-state index contributed by atoms with van der Waals surface area (Å²) in [5, 5.41) is 7.49. The minimum absolute atomic E-state index is 0. The zero-order chi connectivity index (χ0) is 36.6. The molecule has 5 nitrogen and oxygen atoms in total. The van der Waals surface area contributed by atoms with E-state index in [1.807, 2.05) is 12.3 Å². The molecule has 0 N–H and O–H groups in total. The molecule has 4 aromatic carbocycles. The first kappa shape index (κ1) is 38.2. The Hall–Kier alpha value is -4.50. The average molecular weight is 793 g/mol. The summed E-state index contributed by atoms with van der Waals surface area (Å²) in [6.07, 6.45) is 8.36. The molecular weight excluding hydrogens is 743 g/mol. The van der Waals surface area contributed by atoms with Gasteiger partial charge in [-0.2, -0.15) is 11.2 Å². The number of fused-ring (bicyclic) bond motifs is 3. The van der Waals surface area contributed by atoms with Gasteiger partial charge in [0.2, 0.25) is 0 Å². The number of aryl methyl sites for hydroxylation is 4. The number of pyridine rings is 1. The Labute approximate surface area is 329 Å². The zero-order valence-corrected chi connectivity index (χ0v) is 33.9. The van der Waals surface area contributed by atoms with Crippen LogP contribution in [0.4, 0.5) is 0 Å². The SMILES string of the molecule is CCCCc1ccnc(-n2c3[c-]c(Oc4[c-]c(-n5nc(C)c(-c6c(C)cccc6C)c5CCCC)cc(C(C)(C)C)c4)ccc3c3ccccc32)c1.[Pd+2]. The molecule has 3 aromatic heterocycles. The van der Waals surface area contributed by atoms with Gasteiger partial charge < -0.3 is 9.30 Å². The second kappa shape index (κ2) is 15.9. The Morgan fingerprint density at radius 1 is 0.736 bits per heavy atom. The topological polar surface area (TPSA) is 44.9 Å². The average Bonchev–Trinajstić information content (AvgIpc) is 3.63. The fraction of sp³-hybridized carbons (Fsp3) is 0.319. The molecule has 0 fully saturated rings. The van der Waals surface area contributed by atoms with Gasteiger partial charge in [0.1, 0.15) is 5.82 Å². The van der Waals surface area contributed by atoms with Crippen LogP contribution in [-0.2, 0) is 38.7 Å². The van der Waals surface area contributed by atoms with Crippen molar-refractivity contribution in [1.29, 1.82) is 0 Å². The van der Waals surface area contributed by atoms with Crippen LogP contribution in [-0.4, -0.2) is 19.3 Å². The van der Waals surface area contributed by atoms with Crippen molar-refractivity contribution in [3.05, 3.63) is 131 Å². The number of hydrogen-bond acceptors (Lipinski definition) is 3. The van der Waals surface area contributed by atoms with E-state index in [2.05, 4.69) is 150 Å². The third kappa shape index (κ3) is 7.63. The summed E-state index contributed by atoms with van der Waals surface area (Å²) in [4.78, 5) is 4.85. The number of rotatable bonds is 11. The number of ether oxygens (including phenoxy) is 1. The third-order valence-corrected chi connectivity index (χ3v) is 10.2. The second-order valence-corrected chi connectivity index (χ2v) is 15.2. The minimum Gasteiger partial charge on any atom is -0.509 e.